The third-order valence-corrected chi connectivity index (χ3v) is 6.39. The highest BCUT2D eigenvalue weighted by atomic mass is 32.2. The van der Waals surface area contributed by atoms with Crippen LogP contribution in [0.25, 0.3) is 43.6 Å². The van der Waals surface area contributed by atoms with E-state index in [0.717, 1.165) is 0 Å². The van der Waals surface area contributed by atoms with E-state index in [-0.39, 0.29) is 26.7 Å². The van der Waals surface area contributed by atoms with Crippen molar-refractivity contribution in [1.82, 2.24) is 9.97 Å². The number of para-hydroxylation sites is 1. The Morgan fingerprint density at radius 3 is 2.20 bits per heavy atom. The smallest absolute Gasteiger partial charge is 0.296 e. The van der Waals surface area contributed by atoms with E-state index in [1.165, 1.54) is 6.07 Å². The van der Waals surface area contributed by atoms with E-state index in [0.29, 0.717) is 43.8 Å². The molecule has 5 rings (SSSR count). The van der Waals surface area contributed by atoms with Gasteiger partial charge in [-0.2, -0.15) is 8.42 Å². The molecule has 7 nitrogen and oxygen atoms in total. The van der Waals surface area contributed by atoms with Gasteiger partial charge >= 0.3 is 0 Å². The lowest BCUT2D eigenvalue weighted by molar-refractivity contribution is 0.484. The molecule has 0 saturated carbocycles. The first-order chi connectivity index (χ1) is 14.2. The molecule has 2 aromatic heterocycles. The van der Waals surface area contributed by atoms with Crippen LogP contribution >= 0.6 is 0 Å². The van der Waals surface area contributed by atoms with Crippen LogP contribution in [0.1, 0.15) is 11.1 Å². The number of hydrogen-bond donors (Lipinski definition) is 3. The normalized spacial score (nSPS) is 12.4. The zero-order valence-corrected chi connectivity index (χ0v) is 16.8. The average molecular weight is 420 g/mol. The molecule has 0 saturated heterocycles. The number of pyridine rings is 2. The van der Waals surface area contributed by atoms with Crippen molar-refractivity contribution < 1.29 is 13.0 Å². The predicted molar refractivity (Wildman–Crippen MR) is 117 cm³/mol. The fourth-order valence-electron chi connectivity index (χ4n) is 4.15. The Hall–Kier alpha value is -3.49. The van der Waals surface area contributed by atoms with Gasteiger partial charge in [0.05, 0.1) is 21.9 Å². The molecule has 3 aromatic carbocycles. The monoisotopic (exact) mass is 420 g/mol. The molecular weight excluding hydrogens is 404 g/mol. The van der Waals surface area contributed by atoms with Crippen LogP contribution in [0.5, 0.6) is 0 Å². The summed E-state index contributed by atoms with van der Waals surface area (Å²) in [7, 11) is -4.56. The number of aromatic amines is 2. The van der Waals surface area contributed by atoms with Gasteiger partial charge in [-0.15, -0.1) is 0 Å². The van der Waals surface area contributed by atoms with Crippen LogP contribution < -0.4 is 10.9 Å². The van der Waals surface area contributed by atoms with E-state index in [9.17, 15) is 22.6 Å². The number of nitrogens with one attached hydrogen (secondary N) is 2. The van der Waals surface area contributed by atoms with Crippen LogP contribution in [0.3, 0.4) is 0 Å². The highest BCUT2D eigenvalue weighted by Crippen LogP contribution is 2.28. The van der Waals surface area contributed by atoms with Gasteiger partial charge in [0.2, 0.25) is 0 Å². The third-order valence-electron chi connectivity index (χ3n) is 5.51. The van der Waals surface area contributed by atoms with Gasteiger partial charge in [-0.05, 0) is 55.3 Å². The molecule has 5 aromatic rings. The number of aryl methyl sites for hydroxylation is 2. The molecule has 0 bridgehead atoms. The molecule has 0 aliphatic rings. The Bertz CT molecular complexity index is 1780. The number of fused-ring (bicyclic) bond motifs is 4. The summed E-state index contributed by atoms with van der Waals surface area (Å²) in [5, 5.41) is 1.41. The van der Waals surface area contributed by atoms with Gasteiger partial charge in [-0.3, -0.25) is 14.1 Å². The van der Waals surface area contributed by atoms with Gasteiger partial charge in [-0.25, -0.2) is 0 Å². The van der Waals surface area contributed by atoms with Crippen molar-refractivity contribution in [3.8, 4) is 0 Å². The van der Waals surface area contributed by atoms with E-state index >= 15 is 0 Å². The zero-order valence-electron chi connectivity index (χ0n) is 16.0. The lowest BCUT2D eigenvalue weighted by Crippen LogP contribution is -2.12. The fraction of sp³-hybridized carbons (Fsp3) is 0.0909. The predicted octanol–water partition coefficient (Wildman–Crippen LogP) is 3.54. The molecule has 0 aliphatic heterocycles. The Kier molecular flexibility index (Phi) is 3.71. The van der Waals surface area contributed by atoms with E-state index < -0.39 is 10.1 Å². The Labute approximate surface area is 169 Å². The summed E-state index contributed by atoms with van der Waals surface area (Å²) in [5.74, 6) is 0. The number of hydrogen-bond acceptors (Lipinski definition) is 4. The molecule has 30 heavy (non-hydrogen) atoms. The quantitative estimate of drug-likeness (QED) is 0.283. The molecule has 0 aliphatic carbocycles. The van der Waals surface area contributed by atoms with E-state index in [1.54, 1.807) is 44.2 Å². The number of rotatable bonds is 1. The summed E-state index contributed by atoms with van der Waals surface area (Å²) < 4.78 is 33.5. The maximum absolute atomic E-state index is 13.3. The molecule has 0 spiro atoms. The maximum Gasteiger partial charge on any atom is 0.296 e. The van der Waals surface area contributed by atoms with Crippen molar-refractivity contribution in [3.05, 3.63) is 74.0 Å². The summed E-state index contributed by atoms with van der Waals surface area (Å²) in [5.41, 5.74) is 2.10. The van der Waals surface area contributed by atoms with Crippen LogP contribution in [0.15, 0.2) is 56.9 Å². The van der Waals surface area contributed by atoms with Gasteiger partial charge in [-0.1, -0.05) is 12.1 Å². The average Bonchev–Trinajstić information content (AvgIpc) is 2.69. The van der Waals surface area contributed by atoms with Gasteiger partial charge in [0.15, 0.2) is 10.9 Å². The third kappa shape index (κ3) is 2.51. The van der Waals surface area contributed by atoms with E-state index in [4.69, 9.17) is 0 Å². The molecule has 0 fully saturated rings. The second kappa shape index (κ2) is 6.01. The minimum absolute atomic E-state index is 0.0107. The maximum atomic E-state index is 13.3. The van der Waals surface area contributed by atoms with Gasteiger partial charge in [0.1, 0.15) is 4.90 Å². The Morgan fingerprint density at radius 2 is 1.47 bits per heavy atom. The Balaban J connectivity index is 2.08. The first-order valence-electron chi connectivity index (χ1n) is 9.19. The molecule has 2 heterocycles. The zero-order chi connectivity index (χ0) is 21.4. The van der Waals surface area contributed by atoms with Crippen molar-refractivity contribution >= 4 is 53.7 Å². The second-order valence-corrected chi connectivity index (χ2v) is 8.85. The van der Waals surface area contributed by atoms with Crippen molar-refractivity contribution in [2.75, 3.05) is 0 Å². The minimum Gasteiger partial charge on any atom is -0.354 e. The number of benzene rings is 3. The van der Waals surface area contributed by atoms with Crippen LogP contribution in [0, 0.1) is 13.8 Å². The summed E-state index contributed by atoms with van der Waals surface area (Å²) >= 11 is 0. The molecular formula is C22H16N2O5S. The van der Waals surface area contributed by atoms with Crippen molar-refractivity contribution in [1.29, 1.82) is 0 Å². The lowest BCUT2D eigenvalue weighted by atomic mass is 10.00. The van der Waals surface area contributed by atoms with Gasteiger partial charge in [0.25, 0.3) is 10.1 Å². The first kappa shape index (κ1) is 18.5. The summed E-state index contributed by atoms with van der Waals surface area (Å²) in [4.78, 5) is 32.2. The van der Waals surface area contributed by atoms with Crippen molar-refractivity contribution in [3.63, 3.8) is 0 Å². The number of aromatic nitrogens is 2. The van der Waals surface area contributed by atoms with Crippen LogP contribution in [-0.2, 0) is 10.1 Å². The van der Waals surface area contributed by atoms with Gasteiger partial charge in [0, 0.05) is 21.7 Å². The SMILES string of the molecule is Cc1cc(S(=O)(=O)O)c2[nH]c3cc4c(=O)c5ccccc5[nH]c4c(C)c3c(=O)c2c1. The van der Waals surface area contributed by atoms with Crippen molar-refractivity contribution in [2.24, 2.45) is 0 Å². The number of H-pyrrole nitrogens is 2. The lowest BCUT2D eigenvalue weighted by Gasteiger charge is -2.12. The first-order valence-corrected chi connectivity index (χ1v) is 10.6. The minimum atomic E-state index is -4.56. The van der Waals surface area contributed by atoms with Crippen LogP contribution in [0.2, 0.25) is 0 Å². The highest BCUT2D eigenvalue weighted by Gasteiger charge is 2.20. The van der Waals surface area contributed by atoms with Crippen LogP contribution in [-0.4, -0.2) is 22.9 Å². The summed E-state index contributed by atoms with van der Waals surface area (Å²) in [6.07, 6.45) is 0. The van der Waals surface area contributed by atoms with Crippen molar-refractivity contribution in [2.45, 2.75) is 18.7 Å². The Morgan fingerprint density at radius 1 is 0.800 bits per heavy atom. The van der Waals surface area contributed by atoms with E-state index in [2.05, 4.69) is 9.97 Å². The molecule has 0 amide bonds. The summed E-state index contributed by atoms with van der Waals surface area (Å²) in [6, 6.07) is 11.5. The van der Waals surface area contributed by atoms with E-state index in [1.807, 2.05) is 6.07 Å². The highest BCUT2D eigenvalue weighted by molar-refractivity contribution is 7.86. The molecule has 0 atom stereocenters. The molecule has 0 radical (unpaired) electrons. The van der Waals surface area contributed by atoms with Gasteiger partial charge < -0.3 is 9.97 Å². The molecule has 8 heteroatoms. The van der Waals surface area contributed by atoms with Crippen LogP contribution in [0.4, 0.5) is 0 Å². The molecule has 0 unspecified atom stereocenters. The second-order valence-electron chi connectivity index (χ2n) is 7.46. The topological polar surface area (TPSA) is 120 Å². The molecule has 150 valence electrons. The fourth-order valence-corrected chi connectivity index (χ4v) is 4.91. The molecule has 3 N–H and O–H groups in total. The largest absolute Gasteiger partial charge is 0.354 e. The summed E-state index contributed by atoms with van der Waals surface area (Å²) in [6.45, 7) is 3.39. The standard InChI is InChI=1S/C22H16N2O5S/c1-10-7-13-20(17(8-10)30(27,28)29)24-16-9-14-19(11(2)18(16)22(13)26)23-15-6-4-3-5-12(15)21(14)25/h3-9H,1-2H3,(H,23,25)(H,24,26)(H,27,28,29).